The molecule has 0 aromatic heterocycles. The first kappa shape index (κ1) is 22.6. The van der Waals surface area contributed by atoms with Crippen LogP contribution in [0.4, 0.5) is 8.78 Å². The molecule has 3 aromatic rings. The highest BCUT2D eigenvalue weighted by Gasteiger charge is 2.37. The van der Waals surface area contributed by atoms with Gasteiger partial charge in [-0.2, -0.15) is 0 Å². The SMILES string of the molecule is OC[C@@H](c1ccccc1)N1[C@H](CCc2cccc(F)c2)CC[C@H]1CCc1cccc(F)c1. The summed E-state index contributed by atoms with van der Waals surface area (Å²) < 4.78 is 27.3. The largest absolute Gasteiger partial charge is 0.394 e. The molecule has 1 saturated heterocycles. The minimum atomic E-state index is -0.198. The highest BCUT2D eigenvalue weighted by atomic mass is 19.1. The van der Waals surface area contributed by atoms with E-state index >= 15 is 0 Å². The number of benzene rings is 3. The van der Waals surface area contributed by atoms with Crippen LogP contribution in [0.25, 0.3) is 0 Å². The van der Waals surface area contributed by atoms with Crippen molar-refractivity contribution in [3.05, 3.63) is 107 Å². The van der Waals surface area contributed by atoms with Crippen molar-refractivity contribution in [1.82, 2.24) is 4.90 Å². The van der Waals surface area contributed by atoms with Crippen molar-refractivity contribution in [2.24, 2.45) is 0 Å². The van der Waals surface area contributed by atoms with Crippen molar-refractivity contribution in [2.45, 2.75) is 56.7 Å². The fraction of sp³-hybridized carbons (Fsp3) is 0.357. The number of hydrogen-bond acceptors (Lipinski definition) is 2. The van der Waals surface area contributed by atoms with Crippen molar-refractivity contribution in [1.29, 1.82) is 0 Å². The second-order valence-corrected chi connectivity index (χ2v) is 8.78. The molecule has 4 rings (SSSR count). The zero-order valence-corrected chi connectivity index (χ0v) is 18.3. The molecule has 2 nitrogen and oxygen atoms in total. The van der Waals surface area contributed by atoms with Crippen LogP contribution in [0.3, 0.4) is 0 Å². The van der Waals surface area contributed by atoms with Crippen LogP contribution >= 0.6 is 0 Å². The molecule has 168 valence electrons. The van der Waals surface area contributed by atoms with E-state index < -0.39 is 0 Å². The summed E-state index contributed by atoms with van der Waals surface area (Å²) in [5.41, 5.74) is 3.13. The standard InChI is InChI=1S/C28H31F2NO/c29-24-10-4-6-21(18-24)12-14-26-16-17-27(15-13-22-7-5-11-25(30)19-22)31(26)28(20-32)23-8-2-1-3-9-23/h1-11,18-19,26-28,32H,12-17,20H2/t26-,27-,28+/m1/s1. The summed E-state index contributed by atoms with van der Waals surface area (Å²) in [6.07, 6.45) is 5.55. The van der Waals surface area contributed by atoms with Crippen LogP contribution in [0.1, 0.15) is 48.4 Å². The van der Waals surface area contributed by atoms with Gasteiger partial charge < -0.3 is 5.11 Å². The summed E-state index contributed by atoms with van der Waals surface area (Å²) >= 11 is 0. The Morgan fingerprint density at radius 2 is 1.28 bits per heavy atom. The number of aliphatic hydroxyl groups is 1. The highest BCUT2D eigenvalue weighted by Crippen LogP contribution is 2.37. The summed E-state index contributed by atoms with van der Waals surface area (Å²) in [4.78, 5) is 2.48. The number of rotatable bonds is 9. The van der Waals surface area contributed by atoms with Gasteiger partial charge in [0, 0.05) is 12.1 Å². The molecule has 4 heteroatoms. The second-order valence-electron chi connectivity index (χ2n) is 8.78. The number of likely N-dealkylation sites (tertiary alicyclic amines) is 1. The van der Waals surface area contributed by atoms with E-state index in [2.05, 4.69) is 17.0 Å². The van der Waals surface area contributed by atoms with Gasteiger partial charge in [0.25, 0.3) is 0 Å². The molecule has 0 radical (unpaired) electrons. The average molecular weight is 436 g/mol. The van der Waals surface area contributed by atoms with Gasteiger partial charge in [0.1, 0.15) is 11.6 Å². The normalized spacial score (nSPS) is 19.8. The second kappa shape index (κ2) is 10.8. The van der Waals surface area contributed by atoms with Crippen LogP contribution in [0.2, 0.25) is 0 Å². The Morgan fingerprint density at radius 3 is 1.75 bits per heavy atom. The molecular formula is C28H31F2NO. The molecule has 1 heterocycles. The predicted octanol–water partition coefficient (Wildman–Crippen LogP) is 6.10. The quantitative estimate of drug-likeness (QED) is 0.439. The van der Waals surface area contributed by atoms with Gasteiger partial charge in [-0.05, 0) is 79.5 Å². The van der Waals surface area contributed by atoms with E-state index in [0.717, 1.165) is 55.2 Å². The summed E-state index contributed by atoms with van der Waals surface area (Å²) in [6.45, 7) is 0.0525. The molecule has 1 N–H and O–H groups in total. The number of nitrogens with zero attached hydrogens (tertiary/aromatic N) is 1. The van der Waals surface area contributed by atoms with Gasteiger partial charge in [-0.15, -0.1) is 0 Å². The van der Waals surface area contributed by atoms with Crippen molar-refractivity contribution in [3.8, 4) is 0 Å². The molecular weight excluding hydrogens is 404 g/mol. The molecule has 32 heavy (non-hydrogen) atoms. The summed E-state index contributed by atoms with van der Waals surface area (Å²) in [6, 6.07) is 24.4. The van der Waals surface area contributed by atoms with Gasteiger partial charge in [-0.3, -0.25) is 4.90 Å². The third-order valence-corrected chi connectivity index (χ3v) is 6.70. The van der Waals surface area contributed by atoms with Crippen LogP contribution in [-0.2, 0) is 12.8 Å². The van der Waals surface area contributed by atoms with Gasteiger partial charge in [-0.1, -0.05) is 54.6 Å². The number of aryl methyl sites for hydroxylation is 2. The zero-order chi connectivity index (χ0) is 22.3. The lowest BCUT2D eigenvalue weighted by atomic mass is 9.99. The molecule has 0 unspecified atom stereocenters. The Bertz CT molecular complexity index is 936. The maximum Gasteiger partial charge on any atom is 0.123 e. The minimum Gasteiger partial charge on any atom is -0.394 e. The monoisotopic (exact) mass is 435 g/mol. The van der Waals surface area contributed by atoms with E-state index in [-0.39, 0.29) is 24.3 Å². The Hall–Kier alpha value is -2.56. The summed E-state index contributed by atoms with van der Waals surface area (Å²) in [5.74, 6) is -0.396. The van der Waals surface area contributed by atoms with Crippen LogP contribution in [0, 0.1) is 11.6 Å². The number of aliphatic hydroxyl groups excluding tert-OH is 1. The lowest BCUT2D eigenvalue weighted by Crippen LogP contribution is -2.41. The molecule has 1 aliphatic heterocycles. The Morgan fingerprint density at radius 1 is 0.750 bits per heavy atom. The number of hydrogen-bond donors (Lipinski definition) is 1. The van der Waals surface area contributed by atoms with E-state index in [1.54, 1.807) is 24.3 Å². The van der Waals surface area contributed by atoms with Crippen molar-refractivity contribution in [2.75, 3.05) is 6.61 Å². The average Bonchev–Trinajstić information content (AvgIpc) is 3.20. The molecule has 0 saturated carbocycles. The highest BCUT2D eigenvalue weighted by molar-refractivity contribution is 5.22. The predicted molar refractivity (Wildman–Crippen MR) is 124 cm³/mol. The van der Waals surface area contributed by atoms with Crippen LogP contribution < -0.4 is 0 Å². The summed E-state index contributed by atoms with van der Waals surface area (Å²) in [7, 11) is 0. The number of halogens is 2. The first-order valence-electron chi connectivity index (χ1n) is 11.6. The van der Waals surface area contributed by atoms with E-state index in [0.29, 0.717) is 12.1 Å². The van der Waals surface area contributed by atoms with E-state index in [1.807, 2.05) is 30.3 Å². The van der Waals surface area contributed by atoms with Crippen molar-refractivity contribution >= 4 is 0 Å². The third-order valence-electron chi connectivity index (χ3n) is 6.70. The Kier molecular flexibility index (Phi) is 7.67. The molecule has 0 aliphatic carbocycles. The van der Waals surface area contributed by atoms with Gasteiger partial charge in [0.05, 0.1) is 12.6 Å². The first-order valence-corrected chi connectivity index (χ1v) is 11.6. The van der Waals surface area contributed by atoms with E-state index in [1.165, 1.54) is 12.1 Å². The molecule has 0 bridgehead atoms. The van der Waals surface area contributed by atoms with Gasteiger partial charge in [-0.25, -0.2) is 8.78 Å². The lowest BCUT2D eigenvalue weighted by Gasteiger charge is -2.37. The molecule has 0 spiro atoms. The minimum absolute atomic E-state index is 0.0525. The first-order chi connectivity index (χ1) is 15.6. The maximum absolute atomic E-state index is 13.6. The van der Waals surface area contributed by atoms with E-state index in [9.17, 15) is 13.9 Å². The zero-order valence-electron chi connectivity index (χ0n) is 18.3. The lowest BCUT2D eigenvalue weighted by molar-refractivity contribution is 0.0707. The molecule has 3 aromatic carbocycles. The van der Waals surface area contributed by atoms with E-state index in [4.69, 9.17) is 0 Å². The van der Waals surface area contributed by atoms with Crippen LogP contribution in [0.5, 0.6) is 0 Å². The molecule has 3 atom stereocenters. The Labute approximate surface area is 189 Å². The molecule has 1 fully saturated rings. The molecule has 1 aliphatic rings. The van der Waals surface area contributed by atoms with Crippen LogP contribution in [-0.4, -0.2) is 28.7 Å². The fourth-order valence-corrected chi connectivity index (χ4v) is 5.18. The van der Waals surface area contributed by atoms with Gasteiger partial charge >= 0.3 is 0 Å². The summed E-state index contributed by atoms with van der Waals surface area (Å²) in [5, 5.41) is 10.4. The smallest absolute Gasteiger partial charge is 0.123 e. The van der Waals surface area contributed by atoms with Gasteiger partial charge in [0.15, 0.2) is 0 Å². The van der Waals surface area contributed by atoms with Crippen LogP contribution in [0.15, 0.2) is 78.9 Å². The third kappa shape index (κ3) is 5.62. The topological polar surface area (TPSA) is 23.5 Å². The maximum atomic E-state index is 13.6. The van der Waals surface area contributed by atoms with Crippen molar-refractivity contribution in [3.63, 3.8) is 0 Å². The molecule has 0 amide bonds. The Balaban J connectivity index is 1.52. The fourth-order valence-electron chi connectivity index (χ4n) is 5.18. The van der Waals surface area contributed by atoms with Gasteiger partial charge in [0.2, 0.25) is 0 Å². The van der Waals surface area contributed by atoms with Crippen molar-refractivity contribution < 1.29 is 13.9 Å².